The van der Waals surface area contributed by atoms with E-state index in [9.17, 15) is 13.2 Å². The second-order valence-electron chi connectivity index (χ2n) is 4.40. The van der Waals surface area contributed by atoms with E-state index in [-0.39, 0.29) is 6.04 Å². The van der Waals surface area contributed by atoms with Gasteiger partial charge >= 0.3 is 6.18 Å². The van der Waals surface area contributed by atoms with Crippen molar-refractivity contribution in [3.63, 3.8) is 0 Å². The first-order valence-corrected chi connectivity index (χ1v) is 5.68. The van der Waals surface area contributed by atoms with Gasteiger partial charge in [-0.1, -0.05) is 0 Å². The van der Waals surface area contributed by atoms with Crippen molar-refractivity contribution in [3.05, 3.63) is 42.0 Å². The van der Waals surface area contributed by atoms with Gasteiger partial charge in [0.05, 0.1) is 23.6 Å². The molecule has 1 atom stereocenters. The van der Waals surface area contributed by atoms with Gasteiger partial charge in [-0.3, -0.25) is 4.98 Å². The Morgan fingerprint density at radius 3 is 2.63 bits per heavy atom. The summed E-state index contributed by atoms with van der Waals surface area (Å²) < 4.78 is 38.6. The Morgan fingerprint density at radius 2 is 2.05 bits per heavy atom. The number of nitrogens with zero attached hydrogens (tertiary/aromatic N) is 3. The number of hydrogen-bond acceptors (Lipinski definition) is 3. The van der Waals surface area contributed by atoms with Crippen LogP contribution in [0.4, 0.5) is 13.2 Å². The molecule has 0 aliphatic rings. The maximum Gasteiger partial charge on any atom is 0.419 e. The van der Waals surface area contributed by atoms with E-state index < -0.39 is 11.7 Å². The molecule has 2 aromatic heterocycles. The standard InChI is InChI=1S/C12H13F3N4/c1-8(16)2-9-3-11(6-17-4-9)19-7-10(5-18-19)12(13,14)15/h3-8H,2,16H2,1H3. The molecule has 0 aromatic carbocycles. The van der Waals surface area contributed by atoms with Crippen LogP contribution in [0.15, 0.2) is 30.9 Å². The summed E-state index contributed by atoms with van der Waals surface area (Å²) in [7, 11) is 0. The van der Waals surface area contributed by atoms with Crippen LogP contribution < -0.4 is 5.73 Å². The van der Waals surface area contributed by atoms with E-state index in [2.05, 4.69) is 10.1 Å². The molecule has 2 heterocycles. The Kier molecular flexibility index (Phi) is 3.57. The molecule has 0 fully saturated rings. The Balaban J connectivity index is 2.29. The number of halogens is 3. The zero-order valence-electron chi connectivity index (χ0n) is 10.2. The van der Waals surface area contributed by atoms with Crippen molar-refractivity contribution in [1.82, 2.24) is 14.8 Å². The molecule has 2 N–H and O–H groups in total. The Labute approximate surface area is 108 Å². The summed E-state index contributed by atoms with van der Waals surface area (Å²) in [5, 5.41) is 3.70. The minimum atomic E-state index is -4.39. The van der Waals surface area contributed by atoms with Gasteiger partial charge < -0.3 is 5.73 Å². The largest absolute Gasteiger partial charge is 0.419 e. The average Bonchev–Trinajstić information content (AvgIpc) is 2.77. The minimum Gasteiger partial charge on any atom is -0.328 e. The molecule has 2 rings (SSSR count). The SMILES string of the molecule is CC(N)Cc1cncc(-n2cc(C(F)(F)F)cn2)c1. The molecule has 0 saturated heterocycles. The number of alkyl halides is 3. The first-order chi connectivity index (χ1) is 8.86. The molecule has 7 heteroatoms. The van der Waals surface area contributed by atoms with Crippen molar-refractivity contribution >= 4 is 0 Å². The van der Waals surface area contributed by atoms with E-state index in [1.54, 1.807) is 12.3 Å². The summed E-state index contributed by atoms with van der Waals surface area (Å²) in [6.45, 7) is 1.85. The Hall–Kier alpha value is -1.89. The van der Waals surface area contributed by atoms with E-state index in [1.165, 1.54) is 6.20 Å². The first kappa shape index (κ1) is 13.5. The predicted molar refractivity (Wildman–Crippen MR) is 63.7 cm³/mol. The molecular weight excluding hydrogens is 257 g/mol. The van der Waals surface area contributed by atoms with Crippen molar-refractivity contribution in [2.75, 3.05) is 0 Å². The molecule has 0 amide bonds. The summed E-state index contributed by atoms with van der Waals surface area (Å²) in [5.41, 5.74) is 6.23. The zero-order valence-corrected chi connectivity index (χ0v) is 10.2. The third-order valence-corrected chi connectivity index (χ3v) is 2.51. The quantitative estimate of drug-likeness (QED) is 0.930. The monoisotopic (exact) mass is 270 g/mol. The van der Waals surface area contributed by atoms with Crippen LogP contribution in [0, 0.1) is 0 Å². The lowest BCUT2D eigenvalue weighted by molar-refractivity contribution is -0.137. The molecule has 0 aliphatic carbocycles. The smallest absolute Gasteiger partial charge is 0.328 e. The zero-order chi connectivity index (χ0) is 14.0. The van der Waals surface area contributed by atoms with Crippen LogP contribution in [0.2, 0.25) is 0 Å². The van der Waals surface area contributed by atoms with Gasteiger partial charge in [0.2, 0.25) is 0 Å². The number of pyridine rings is 1. The van der Waals surface area contributed by atoms with E-state index in [0.717, 1.165) is 22.6 Å². The van der Waals surface area contributed by atoms with Gasteiger partial charge in [0, 0.05) is 18.4 Å². The molecule has 4 nitrogen and oxygen atoms in total. The first-order valence-electron chi connectivity index (χ1n) is 5.68. The third kappa shape index (κ3) is 3.31. The van der Waals surface area contributed by atoms with Crippen LogP contribution in [0.25, 0.3) is 5.69 Å². The fraction of sp³-hybridized carbons (Fsp3) is 0.333. The summed E-state index contributed by atoms with van der Waals surface area (Å²) in [4.78, 5) is 3.99. The molecule has 102 valence electrons. The number of nitrogens with two attached hydrogens (primary N) is 1. The molecule has 19 heavy (non-hydrogen) atoms. The van der Waals surface area contributed by atoms with Crippen molar-refractivity contribution in [2.24, 2.45) is 5.73 Å². The van der Waals surface area contributed by atoms with Crippen molar-refractivity contribution < 1.29 is 13.2 Å². The third-order valence-electron chi connectivity index (χ3n) is 2.51. The molecule has 0 saturated carbocycles. The highest BCUT2D eigenvalue weighted by molar-refractivity contribution is 5.32. The molecule has 0 bridgehead atoms. The molecule has 0 spiro atoms. The van der Waals surface area contributed by atoms with Gasteiger partial charge in [0.1, 0.15) is 0 Å². The molecular formula is C12H13F3N4. The van der Waals surface area contributed by atoms with Crippen LogP contribution in [0.3, 0.4) is 0 Å². The highest BCUT2D eigenvalue weighted by Crippen LogP contribution is 2.29. The van der Waals surface area contributed by atoms with Crippen LogP contribution in [-0.2, 0) is 12.6 Å². The number of hydrogen-bond donors (Lipinski definition) is 1. The van der Waals surface area contributed by atoms with Crippen LogP contribution in [0.1, 0.15) is 18.1 Å². The normalized spacial score (nSPS) is 13.5. The summed E-state index contributed by atoms with van der Waals surface area (Å²) in [6.07, 6.45) is 1.03. The molecule has 2 aromatic rings. The highest BCUT2D eigenvalue weighted by Gasteiger charge is 2.32. The Morgan fingerprint density at radius 1 is 1.32 bits per heavy atom. The van der Waals surface area contributed by atoms with Gasteiger partial charge in [-0.15, -0.1) is 0 Å². The lowest BCUT2D eigenvalue weighted by Gasteiger charge is -2.07. The van der Waals surface area contributed by atoms with E-state index in [4.69, 9.17) is 5.73 Å². The fourth-order valence-electron chi connectivity index (χ4n) is 1.69. The number of rotatable bonds is 3. The minimum absolute atomic E-state index is 0.0413. The summed E-state index contributed by atoms with van der Waals surface area (Å²) in [5.74, 6) is 0. The van der Waals surface area contributed by atoms with Gasteiger partial charge in [0.25, 0.3) is 0 Å². The lowest BCUT2D eigenvalue weighted by Crippen LogP contribution is -2.18. The van der Waals surface area contributed by atoms with E-state index >= 15 is 0 Å². The van der Waals surface area contributed by atoms with Gasteiger partial charge in [0.15, 0.2) is 0 Å². The van der Waals surface area contributed by atoms with Gasteiger partial charge in [-0.05, 0) is 25.0 Å². The summed E-state index contributed by atoms with van der Waals surface area (Å²) >= 11 is 0. The summed E-state index contributed by atoms with van der Waals surface area (Å²) in [6, 6.07) is 1.68. The van der Waals surface area contributed by atoms with Crippen molar-refractivity contribution in [2.45, 2.75) is 25.6 Å². The van der Waals surface area contributed by atoms with E-state index in [1.807, 2.05) is 6.92 Å². The molecule has 0 radical (unpaired) electrons. The second-order valence-corrected chi connectivity index (χ2v) is 4.40. The number of aromatic nitrogens is 3. The van der Waals surface area contributed by atoms with Gasteiger partial charge in [-0.2, -0.15) is 18.3 Å². The second kappa shape index (κ2) is 5.00. The highest BCUT2D eigenvalue weighted by atomic mass is 19.4. The topological polar surface area (TPSA) is 56.7 Å². The van der Waals surface area contributed by atoms with Gasteiger partial charge in [-0.25, -0.2) is 4.68 Å². The predicted octanol–water partition coefficient (Wildman–Crippen LogP) is 2.18. The Bertz CT molecular complexity index is 560. The fourth-order valence-corrected chi connectivity index (χ4v) is 1.69. The van der Waals surface area contributed by atoms with Crippen molar-refractivity contribution in [3.8, 4) is 5.69 Å². The van der Waals surface area contributed by atoms with Crippen LogP contribution in [-0.4, -0.2) is 20.8 Å². The maximum absolute atomic E-state index is 12.5. The lowest BCUT2D eigenvalue weighted by atomic mass is 10.1. The average molecular weight is 270 g/mol. The van der Waals surface area contributed by atoms with E-state index in [0.29, 0.717) is 12.1 Å². The van der Waals surface area contributed by atoms with Crippen molar-refractivity contribution in [1.29, 1.82) is 0 Å². The maximum atomic E-state index is 12.5. The van der Waals surface area contributed by atoms with Crippen LogP contribution >= 0.6 is 0 Å². The van der Waals surface area contributed by atoms with Crippen LogP contribution in [0.5, 0.6) is 0 Å². The molecule has 0 aliphatic heterocycles. The molecule has 1 unspecified atom stereocenters.